The topological polar surface area (TPSA) is 77.5 Å². The van der Waals surface area contributed by atoms with Crippen LogP contribution in [0.2, 0.25) is 0 Å². The van der Waals surface area contributed by atoms with Gasteiger partial charge in [-0.1, -0.05) is 0 Å². The molecule has 1 heterocycles. The number of carbonyl (C=O) groups is 2. The van der Waals surface area contributed by atoms with E-state index >= 15 is 0 Å². The summed E-state index contributed by atoms with van der Waals surface area (Å²) in [5.41, 5.74) is 1.17. The van der Waals surface area contributed by atoms with Crippen LogP contribution in [-0.2, 0) is 20.9 Å². The summed E-state index contributed by atoms with van der Waals surface area (Å²) in [7, 11) is 0. The Morgan fingerprint density at radius 3 is 2.73 bits per heavy atom. The van der Waals surface area contributed by atoms with Gasteiger partial charge in [-0.15, -0.1) is 0 Å². The molecule has 0 aliphatic heterocycles. The maximum Gasteiger partial charge on any atom is 0.325 e. The molecule has 1 aliphatic carbocycles. The van der Waals surface area contributed by atoms with Gasteiger partial charge < -0.3 is 14.8 Å². The van der Waals surface area contributed by atoms with Crippen LogP contribution in [0, 0.1) is 0 Å². The second-order valence-electron chi connectivity index (χ2n) is 5.25. The van der Waals surface area contributed by atoms with Crippen molar-refractivity contribution in [2.45, 2.75) is 45.3 Å². The summed E-state index contributed by atoms with van der Waals surface area (Å²) in [5, 5.41) is 2.55. The van der Waals surface area contributed by atoms with Crippen LogP contribution in [-0.4, -0.2) is 36.1 Å². The molecule has 1 amide bonds. The highest BCUT2D eigenvalue weighted by Gasteiger charge is 2.19. The number of pyridine rings is 1. The minimum atomic E-state index is -0.388. The van der Waals surface area contributed by atoms with E-state index in [0.717, 1.165) is 31.4 Å². The fourth-order valence-corrected chi connectivity index (χ4v) is 2.34. The lowest BCUT2D eigenvalue weighted by molar-refractivity contribution is -0.147. The molecule has 1 aromatic heterocycles. The van der Waals surface area contributed by atoms with Crippen LogP contribution in [0.3, 0.4) is 0 Å². The Kier molecular flexibility index (Phi) is 6.33. The zero-order valence-corrected chi connectivity index (χ0v) is 12.8. The average molecular weight is 306 g/mol. The van der Waals surface area contributed by atoms with Gasteiger partial charge >= 0.3 is 5.97 Å². The number of esters is 1. The van der Waals surface area contributed by atoms with Gasteiger partial charge in [-0.2, -0.15) is 0 Å². The molecule has 0 spiro atoms. The number of nitrogens with one attached hydrogen (secondary N) is 1. The molecule has 0 radical (unpaired) electrons. The van der Waals surface area contributed by atoms with Gasteiger partial charge in [-0.05, 0) is 44.7 Å². The molecule has 120 valence electrons. The summed E-state index contributed by atoms with van der Waals surface area (Å²) in [4.78, 5) is 27.7. The molecule has 1 saturated carbocycles. The number of aromatic nitrogens is 1. The van der Waals surface area contributed by atoms with E-state index in [0.29, 0.717) is 18.8 Å². The Morgan fingerprint density at radius 2 is 2.09 bits per heavy atom. The van der Waals surface area contributed by atoms with Gasteiger partial charge in [0.05, 0.1) is 17.9 Å². The third kappa shape index (κ3) is 5.11. The minimum Gasteiger partial charge on any atom is -0.461 e. The summed E-state index contributed by atoms with van der Waals surface area (Å²) in [6.07, 6.45) is 5.54. The van der Waals surface area contributed by atoms with Crippen LogP contribution in [0.5, 0.6) is 0 Å². The number of amides is 1. The van der Waals surface area contributed by atoms with Crippen molar-refractivity contribution in [3.05, 3.63) is 29.6 Å². The van der Waals surface area contributed by atoms with E-state index in [9.17, 15) is 9.59 Å². The van der Waals surface area contributed by atoms with Crippen LogP contribution < -0.4 is 5.32 Å². The van der Waals surface area contributed by atoms with E-state index in [1.807, 2.05) is 6.92 Å². The Morgan fingerprint density at radius 1 is 1.32 bits per heavy atom. The first-order valence-electron chi connectivity index (χ1n) is 7.69. The standard InChI is InChI=1S/C16H22N2O4/c1-2-21-11-13-8-7-12(9-17-13)16(20)18-10-15(19)22-14-5-3-4-6-14/h7-9,14H,2-6,10-11H2,1H3,(H,18,20). The van der Waals surface area contributed by atoms with E-state index in [-0.39, 0.29) is 24.5 Å². The van der Waals surface area contributed by atoms with Gasteiger partial charge in [0.15, 0.2) is 0 Å². The molecule has 2 rings (SSSR count). The van der Waals surface area contributed by atoms with Crippen molar-refractivity contribution in [3.8, 4) is 0 Å². The Hall–Kier alpha value is -1.95. The quantitative estimate of drug-likeness (QED) is 0.778. The molecule has 1 N–H and O–H groups in total. The van der Waals surface area contributed by atoms with Crippen molar-refractivity contribution in [2.75, 3.05) is 13.2 Å². The highest BCUT2D eigenvalue weighted by Crippen LogP contribution is 2.20. The van der Waals surface area contributed by atoms with Gasteiger partial charge in [0.25, 0.3) is 5.91 Å². The van der Waals surface area contributed by atoms with Crippen molar-refractivity contribution in [2.24, 2.45) is 0 Å². The zero-order chi connectivity index (χ0) is 15.8. The number of carbonyl (C=O) groups excluding carboxylic acids is 2. The van der Waals surface area contributed by atoms with Crippen LogP contribution in [0.4, 0.5) is 0 Å². The maximum absolute atomic E-state index is 11.9. The van der Waals surface area contributed by atoms with Gasteiger partial charge in [0, 0.05) is 12.8 Å². The van der Waals surface area contributed by atoms with Crippen molar-refractivity contribution in [1.82, 2.24) is 10.3 Å². The minimum absolute atomic E-state index is 0.0175. The number of hydrogen-bond donors (Lipinski definition) is 1. The van der Waals surface area contributed by atoms with Crippen LogP contribution in [0.25, 0.3) is 0 Å². The van der Waals surface area contributed by atoms with Crippen molar-refractivity contribution in [1.29, 1.82) is 0 Å². The molecular weight excluding hydrogens is 284 g/mol. The number of nitrogens with zero attached hydrogens (tertiary/aromatic N) is 1. The van der Waals surface area contributed by atoms with Crippen molar-refractivity contribution < 1.29 is 19.1 Å². The molecule has 0 aromatic carbocycles. The van der Waals surface area contributed by atoms with E-state index in [1.54, 1.807) is 12.1 Å². The third-order valence-electron chi connectivity index (χ3n) is 3.53. The number of hydrogen-bond acceptors (Lipinski definition) is 5. The second-order valence-corrected chi connectivity index (χ2v) is 5.25. The molecule has 22 heavy (non-hydrogen) atoms. The summed E-state index contributed by atoms with van der Waals surface area (Å²) >= 11 is 0. The molecule has 1 aromatic rings. The van der Waals surface area contributed by atoms with Gasteiger partial charge in [-0.3, -0.25) is 14.6 Å². The van der Waals surface area contributed by atoms with Gasteiger partial charge in [0.1, 0.15) is 12.6 Å². The van der Waals surface area contributed by atoms with Crippen LogP contribution in [0.1, 0.15) is 48.7 Å². The molecular formula is C16H22N2O4. The van der Waals surface area contributed by atoms with E-state index in [1.165, 1.54) is 6.20 Å². The van der Waals surface area contributed by atoms with Crippen molar-refractivity contribution >= 4 is 11.9 Å². The SMILES string of the molecule is CCOCc1ccc(C(=O)NCC(=O)OC2CCCC2)cn1. The molecule has 1 aliphatic rings. The molecule has 0 bridgehead atoms. The zero-order valence-electron chi connectivity index (χ0n) is 12.8. The largest absolute Gasteiger partial charge is 0.461 e. The predicted octanol–water partition coefficient (Wildman–Crippen LogP) is 1.83. The normalized spacial score (nSPS) is 14.8. The first-order chi connectivity index (χ1) is 10.7. The van der Waals surface area contributed by atoms with E-state index in [2.05, 4.69) is 10.3 Å². The summed E-state index contributed by atoms with van der Waals surface area (Å²) in [6.45, 7) is 2.83. The highest BCUT2D eigenvalue weighted by molar-refractivity contribution is 5.95. The fourth-order valence-electron chi connectivity index (χ4n) is 2.34. The summed E-state index contributed by atoms with van der Waals surface area (Å²) < 4.78 is 10.5. The molecule has 6 nitrogen and oxygen atoms in total. The monoisotopic (exact) mass is 306 g/mol. The third-order valence-corrected chi connectivity index (χ3v) is 3.53. The lowest BCUT2D eigenvalue weighted by atomic mass is 10.2. The smallest absolute Gasteiger partial charge is 0.325 e. The van der Waals surface area contributed by atoms with E-state index < -0.39 is 0 Å². The second kappa shape index (κ2) is 8.48. The molecule has 1 fully saturated rings. The van der Waals surface area contributed by atoms with Gasteiger partial charge in [0.2, 0.25) is 0 Å². The highest BCUT2D eigenvalue weighted by atomic mass is 16.5. The lowest BCUT2D eigenvalue weighted by Gasteiger charge is -2.11. The van der Waals surface area contributed by atoms with Gasteiger partial charge in [-0.25, -0.2) is 0 Å². The maximum atomic E-state index is 11.9. The summed E-state index contributed by atoms with van der Waals surface area (Å²) in [6, 6.07) is 3.40. The number of rotatable bonds is 7. The molecule has 0 atom stereocenters. The lowest BCUT2D eigenvalue weighted by Crippen LogP contribution is -2.32. The number of ether oxygens (including phenoxy) is 2. The van der Waals surface area contributed by atoms with E-state index in [4.69, 9.17) is 9.47 Å². The first-order valence-corrected chi connectivity index (χ1v) is 7.69. The molecule has 0 unspecified atom stereocenters. The Labute approximate surface area is 130 Å². The summed E-state index contributed by atoms with van der Waals surface area (Å²) in [5.74, 6) is -0.722. The first kappa shape index (κ1) is 16.4. The van der Waals surface area contributed by atoms with Crippen LogP contribution in [0.15, 0.2) is 18.3 Å². The van der Waals surface area contributed by atoms with Crippen molar-refractivity contribution in [3.63, 3.8) is 0 Å². The molecule has 0 saturated heterocycles. The Bertz CT molecular complexity index is 495. The Balaban J connectivity index is 1.75. The molecule has 6 heteroatoms. The van der Waals surface area contributed by atoms with Crippen LogP contribution >= 0.6 is 0 Å². The predicted molar refractivity (Wildman–Crippen MR) is 80.2 cm³/mol. The fraction of sp³-hybridized carbons (Fsp3) is 0.562. The average Bonchev–Trinajstić information content (AvgIpc) is 3.04.